The third kappa shape index (κ3) is 5.21. The minimum atomic E-state index is 0.480. The maximum Gasteiger partial charge on any atom is 0.0918 e. The summed E-state index contributed by atoms with van der Waals surface area (Å²) in [5.41, 5.74) is 0. The Morgan fingerprint density at radius 1 is 1.25 bits per heavy atom. The van der Waals surface area contributed by atoms with Crippen molar-refractivity contribution in [2.75, 3.05) is 6.61 Å². The van der Waals surface area contributed by atoms with Gasteiger partial charge in [0, 0.05) is 12.8 Å². The Morgan fingerprint density at radius 2 is 2.08 bits per heavy atom. The van der Waals surface area contributed by atoms with E-state index < -0.39 is 0 Å². The van der Waals surface area contributed by atoms with E-state index >= 15 is 0 Å². The fourth-order valence-corrected chi connectivity index (χ4v) is 1.10. The molecule has 1 nitrogen and oxygen atoms in total. The van der Waals surface area contributed by atoms with Gasteiger partial charge in [-0.2, -0.15) is 0 Å². The maximum atomic E-state index is 5.05. The van der Waals surface area contributed by atoms with Crippen molar-refractivity contribution in [2.24, 2.45) is 0 Å². The van der Waals surface area contributed by atoms with Gasteiger partial charge in [-0.3, -0.25) is 0 Å². The van der Waals surface area contributed by atoms with Crippen LogP contribution in [0.15, 0.2) is 0 Å². The normalized spacial score (nSPS) is 19.9. The summed E-state index contributed by atoms with van der Waals surface area (Å²) >= 11 is 0. The van der Waals surface area contributed by atoms with Crippen molar-refractivity contribution in [1.82, 2.24) is 0 Å². The van der Waals surface area contributed by atoms with Gasteiger partial charge in [0.1, 0.15) is 0 Å². The molecule has 1 heterocycles. The van der Waals surface area contributed by atoms with Gasteiger partial charge in [0.05, 0.1) is 12.7 Å². The number of rotatable bonds is 5. The van der Waals surface area contributed by atoms with Gasteiger partial charge >= 0.3 is 0 Å². The first-order valence-electron chi connectivity index (χ1n) is 5.01. The fourth-order valence-electron chi connectivity index (χ4n) is 1.10. The van der Waals surface area contributed by atoms with Crippen molar-refractivity contribution in [1.29, 1.82) is 0 Å². The summed E-state index contributed by atoms with van der Waals surface area (Å²) in [6, 6.07) is 0. The van der Waals surface area contributed by atoms with E-state index in [1.807, 2.05) is 0 Å². The van der Waals surface area contributed by atoms with Crippen LogP contribution in [0.3, 0.4) is 0 Å². The van der Waals surface area contributed by atoms with Gasteiger partial charge in [-0.1, -0.05) is 26.2 Å². The molecule has 0 bridgehead atoms. The minimum absolute atomic E-state index is 0.480. The topological polar surface area (TPSA) is 12.5 Å². The molecule has 0 aromatic heterocycles. The highest BCUT2D eigenvalue weighted by molar-refractivity contribution is 5.01. The van der Waals surface area contributed by atoms with E-state index in [9.17, 15) is 0 Å². The number of hydrogen-bond acceptors (Lipinski definition) is 1. The standard InChI is InChI=1S/C11H18O/c1-2-3-4-5-6-7-8-9-11-10-12-11/h11H,2-6,9-10H2,1H3/t11-/m0/s1. The summed E-state index contributed by atoms with van der Waals surface area (Å²) in [5, 5.41) is 0. The van der Waals surface area contributed by atoms with Gasteiger partial charge in [0.2, 0.25) is 0 Å². The number of epoxide rings is 1. The largest absolute Gasteiger partial charge is 0.372 e. The van der Waals surface area contributed by atoms with Crippen LogP contribution >= 0.6 is 0 Å². The highest BCUT2D eigenvalue weighted by atomic mass is 16.6. The number of unbranched alkanes of at least 4 members (excludes halogenated alkanes) is 4. The first kappa shape index (κ1) is 9.61. The molecule has 1 saturated heterocycles. The van der Waals surface area contributed by atoms with Gasteiger partial charge in [-0.25, -0.2) is 0 Å². The number of hydrogen-bond donors (Lipinski definition) is 0. The van der Waals surface area contributed by atoms with E-state index in [0.717, 1.165) is 19.4 Å². The molecular weight excluding hydrogens is 148 g/mol. The first-order chi connectivity index (χ1) is 5.93. The van der Waals surface area contributed by atoms with Crippen LogP contribution in [0, 0.1) is 11.8 Å². The zero-order valence-electron chi connectivity index (χ0n) is 7.94. The molecular formula is C11H18O. The molecule has 0 aliphatic carbocycles. The molecule has 68 valence electrons. The van der Waals surface area contributed by atoms with Crippen LogP contribution in [-0.4, -0.2) is 12.7 Å². The molecule has 0 unspecified atom stereocenters. The summed E-state index contributed by atoms with van der Waals surface area (Å²) in [5.74, 6) is 6.33. The molecule has 0 aromatic rings. The molecule has 1 fully saturated rings. The quantitative estimate of drug-likeness (QED) is 0.347. The van der Waals surface area contributed by atoms with Crippen LogP contribution in [0.2, 0.25) is 0 Å². The molecule has 0 amide bonds. The molecule has 0 aromatic carbocycles. The molecule has 0 saturated carbocycles. The van der Waals surface area contributed by atoms with E-state index in [2.05, 4.69) is 18.8 Å². The van der Waals surface area contributed by atoms with E-state index in [4.69, 9.17) is 4.74 Å². The van der Waals surface area contributed by atoms with Crippen molar-refractivity contribution in [3.63, 3.8) is 0 Å². The minimum Gasteiger partial charge on any atom is -0.372 e. The Bertz CT molecular complexity index is 160. The highest BCUT2D eigenvalue weighted by Crippen LogP contribution is 2.11. The second-order valence-corrected chi connectivity index (χ2v) is 3.32. The molecule has 0 N–H and O–H groups in total. The summed E-state index contributed by atoms with van der Waals surface area (Å²) in [4.78, 5) is 0. The molecule has 12 heavy (non-hydrogen) atoms. The van der Waals surface area contributed by atoms with Crippen molar-refractivity contribution >= 4 is 0 Å². The van der Waals surface area contributed by atoms with Gasteiger partial charge in [-0.15, -0.1) is 11.8 Å². The average Bonchev–Trinajstić information content (AvgIpc) is 2.87. The second kappa shape index (κ2) is 6.08. The van der Waals surface area contributed by atoms with Crippen LogP contribution in [0.25, 0.3) is 0 Å². The predicted molar refractivity (Wildman–Crippen MR) is 50.9 cm³/mol. The maximum absolute atomic E-state index is 5.05. The molecule has 1 aliphatic rings. The summed E-state index contributed by atoms with van der Waals surface area (Å²) < 4.78 is 5.05. The molecule has 1 aliphatic heterocycles. The van der Waals surface area contributed by atoms with Crippen LogP contribution in [0.4, 0.5) is 0 Å². The second-order valence-electron chi connectivity index (χ2n) is 3.32. The van der Waals surface area contributed by atoms with Crippen molar-refractivity contribution in [2.45, 2.75) is 51.6 Å². The third-order valence-corrected chi connectivity index (χ3v) is 2.01. The van der Waals surface area contributed by atoms with Gasteiger partial charge in [0.15, 0.2) is 0 Å². The molecule has 1 rings (SSSR count). The Morgan fingerprint density at radius 3 is 2.75 bits per heavy atom. The lowest BCUT2D eigenvalue weighted by molar-refractivity contribution is 0.412. The van der Waals surface area contributed by atoms with Gasteiger partial charge in [0.25, 0.3) is 0 Å². The van der Waals surface area contributed by atoms with Gasteiger partial charge < -0.3 is 4.74 Å². The summed E-state index contributed by atoms with van der Waals surface area (Å²) in [7, 11) is 0. The lowest BCUT2D eigenvalue weighted by Crippen LogP contribution is -1.79. The van der Waals surface area contributed by atoms with Crippen molar-refractivity contribution < 1.29 is 4.74 Å². The molecule has 0 radical (unpaired) electrons. The Hall–Kier alpha value is -0.480. The molecule has 1 atom stereocenters. The van der Waals surface area contributed by atoms with E-state index in [0.29, 0.717) is 6.10 Å². The van der Waals surface area contributed by atoms with Gasteiger partial charge in [-0.05, 0) is 6.42 Å². The lowest BCUT2D eigenvalue weighted by Gasteiger charge is -1.91. The Labute approximate surface area is 75.5 Å². The van der Waals surface area contributed by atoms with E-state index in [1.165, 1.54) is 25.7 Å². The van der Waals surface area contributed by atoms with Crippen LogP contribution in [0.1, 0.15) is 45.4 Å². The summed E-state index contributed by atoms with van der Waals surface area (Å²) in [6.45, 7) is 3.17. The fraction of sp³-hybridized carbons (Fsp3) is 0.818. The van der Waals surface area contributed by atoms with Crippen molar-refractivity contribution in [3.8, 4) is 11.8 Å². The average molecular weight is 166 g/mol. The Kier molecular flexibility index (Phi) is 4.87. The molecule has 0 spiro atoms. The predicted octanol–water partition coefficient (Wildman–Crippen LogP) is 2.75. The SMILES string of the molecule is CCCCCCC#CC[C@H]1CO1. The van der Waals surface area contributed by atoms with Crippen LogP contribution in [0.5, 0.6) is 0 Å². The molecule has 1 heteroatoms. The lowest BCUT2D eigenvalue weighted by atomic mass is 10.1. The van der Waals surface area contributed by atoms with Crippen LogP contribution < -0.4 is 0 Å². The van der Waals surface area contributed by atoms with Crippen molar-refractivity contribution in [3.05, 3.63) is 0 Å². The highest BCUT2D eigenvalue weighted by Gasteiger charge is 2.20. The zero-order valence-corrected chi connectivity index (χ0v) is 7.94. The zero-order chi connectivity index (χ0) is 8.65. The van der Waals surface area contributed by atoms with Crippen LogP contribution in [-0.2, 0) is 4.74 Å². The van der Waals surface area contributed by atoms with E-state index in [1.54, 1.807) is 0 Å². The number of ether oxygens (including phenoxy) is 1. The smallest absolute Gasteiger partial charge is 0.0918 e. The monoisotopic (exact) mass is 166 g/mol. The third-order valence-electron chi connectivity index (χ3n) is 2.01. The first-order valence-corrected chi connectivity index (χ1v) is 5.01. The Balaban J connectivity index is 1.81. The van der Waals surface area contributed by atoms with E-state index in [-0.39, 0.29) is 0 Å². The summed E-state index contributed by atoms with van der Waals surface area (Å²) in [6.07, 6.45) is 7.78.